The highest BCUT2D eigenvalue weighted by Crippen LogP contribution is 2.35. The molecule has 3 heteroatoms. The highest BCUT2D eigenvalue weighted by Gasteiger charge is 2.16. The first-order valence-electron chi connectivity index (χ1n) is 7.71. The van der Waals surface area contributed by atoms with Gasteiger partial charge in [0.25, 0.3) is 0 Å². The molecule has 1 aliphatic carbocycles. The second-order valence-corrected chi connectivity index (χ2v) is 7.37. The number of rotatable bonds is 7. The third-order valence-corrected chi connectivity index (χ3v) is 5.31. The van der Waals surface area contributed by atoms with Gasteiger partial charge in [-0.15, -0.1) is 11.8 Å². The summed E-state index contributed by atoms with van der Waals surface area (Å²) in [5.41, 5.74) is 1.19. The van der Waals surface area contributed by atoms with Gasteiger partial charge < -0.3 is 10.1 Å². The lowest BCUT2D eigenvalue weighted by atomic mass is 10.1. The molecule has 2 nitrogen and oxygen atoms in total. The van der Waals surface area contributed by atoms with Crippen LogP contribution in [0, 0.1) is 5.92 Å². The highest BCUT2D eigenvalue weighted by molar-refractivity contribution is 8.00. The molecule has 2 rings (SSSR count). The summed E-state index contributed by atoms with van der Waals surface area (Å²) < 4.78 is 5.28. The topological polar surface area (TPSA) is 21.3 Å². The number of benzene rings is 1. The Hall–Kier alpha value is -0.670. The predicted octanol–water partition coefficient (Wildman–Crippen LogP) is 4.80. The second-order valence-electron chi connectivity index (χ2n) is 6.00. The van der Waals surface area contributed by atoms with Gasteiger partial charge in [-0.3, -0.25) is 0 Å². The van der Waals surface area contributed by atoms with E-state index in [2.05, 4.69) is 43.4 Å². The number of hydrogen-bond donors (Lipinski definition) is 1. The zero-order chi connectivity index (χ0) is 14.4. The van der Waals surface area contributed by atoms with E-state index in [-0.39, 0.29) is 0 Å². The van der Waals surface area contributed by atoms with Crippen LogP contribution in [-0.4, -0.2) is 25.0 Å². The van der Waals surface area contributed by atoms with E-state index < -0.39 is 0 Å². The molecule has 0 amide bonds. The molecular formula is C17H27NOS. The minimum atomic E-state index is 0.369. The zero-order valence-corrected chi connectivity index (χ0v) is 13.7. The van der Waals surface area contributed by atoms with Crippen molar-refractivity contribution in [3.63, 3.8) is 0 Å². The van der Waals surface area contributed by atoms with Crippen molar-refractivity contribution in [2.45, 2.75) is 55.7 Å². The molecule has 1 aromatic rings. The lowest BCUT2D eigenvalue weighted by Gasteiger charge is -2.23. The Morgan fingerprint density at radius 1 is 1.20 bits per heavy atom. The average Bonchev–Trinajstić information content (AvgIpc) is 2.93. The predicted molar refractivity (Wildman–Crippen MR) is 88.7 cm³/mol. The molecule has 1 fully saturated rings. The Labute approximate surface area is 127 Å². The van der Waals surface area contributed by atoms with Crippen LogP contribution in [0.15, 0.2) is 29.2 Å². The Morgan fingerprint density at radius 2 is 1.85 bits per heavy atom. The fraction of sp³-hybridized carbons (Fsp3) is 0.647. The third kappa shape index (κ3) is 4.71. The van der Waals surface area contributed by atoms with Crippen molar-refractivity contribution in [3.05, 3.63) is 24.3 Å². The summed E-state index contributed by atoms with van der Waals surface area (Å²) >= 11 is 2.04. The molecule has 0 aliphatic heterocycles. The van der Waals surface area contributed by atoms with Crippen molar-refractivity contribution in [3.8, 4) is 0 Å². The van der Waals surface area contributed by atoms with Crippen LogP contribution in [0.4, 0.5) is 5.69 Å². The minimum Gasteiger partial charge on any atom is -0.383 e. The molecule has 1 atom stereocenters. The van der Waals surface area contributed by atoms with Gasteiger partial charge in [0.1, 0.15) is 0 Å². The van der Waals surface area contributed by atoms with Crippen molar-refractivity contribution in [2.75, 3.05) is 19.0 Å². The molecule has 0 heterocycles. The first kappa shape index (κ1) is 15.7. The number of hydrogen-bond acceptors (Lipinski definition) is 3. The number of anilines is 1. The van der Waals surface area contributed by atoms with Crippen LogP contribution >= 0.6 is 11.8 Å². The third-order valence-electron chi connectivity index (χ3n) is 3.96. The molecule has 0 bridgehead atoms. The number of thioether (sulfide) groups is 1. The molecule has 0 spiro atoms. The van der Waals surface area contributed by atoms with Gasteiger partial charge >= 0.3 is 0 Å². The van der Waals surface area contributed by atoms with Crippen molar-refractivity contribution in [1.29, 1.82) is 0 Å². The van der Waals surface area contributed by atoms with E-state index in [1.165, 1.54) is 36.3 Å². The molecule has 0 aromatic heterocycles. The second kappa shape index (κ2) is 7.94. The van der Waals surface area contributed by atoms with E-state index in [1.807, 2.05) is 11.8 Å². The van der Waals surface area contributed by atoms with E-state index >= 15 is 0 Å². The maximum absolute atomic E-state index is 5.28. The van der Waals surface area contributed by atoms with Crippen LogP contribution in [0.25, 0.3) is 0 Å². The van der Waals surface area contributed by atoms with Crippen molar-refractivity contribution in [2.24, 2.45) is 5.92 Å². The Morgan fingerprint density at radius 3 is 2.40 bits per heavy atom. The molecule has 1 N–H and O–H groups in total. The molecule has 1 unspecified atom stereocenters. The number of methoxy groups -OCH3 is 1. The highest BCUT2D eigenvalue weighted by atomic mass is 32.2. The van der Waals surface area contributed by atoms with Crippen LogP contribution in [0.3, 0.4) is 0 Å². The molecule has 20 heavy (non-hydrogen) atoms. The van der Waals surface area contributed by atoms with E-state index in [4.69, 9.17) is 4.74 Å². The minimum absolute atomic E-state index is 0.369. The molecular weight excluding hydrogens is 266 g/mol. The summed E-state index contributed by atoms with van der Waals surface area (Å²) in [5.74, 6) is 0.558. The summed E-state index contributed by atoms with van der Waals surface area (Å²) in [7, 11) is 1.76. The van der Waals surface area contributed by atoms with Gasteiger partial charge in [-0.25, -0.2) is 0 Å². The van der Waals surface area contributed by atoms with Crippen molar-refractivity contribution >= 4 is 17.4 Å². The van der Waals surface area contributed by atoms with E-state index in [0.29, 0.717) is 12.0 Å². The fourth-order valence-electron chi connectivity index (χ4n) is 2.62. The Kier molecular flexibility index (Phi) is 6.24. The van der Waals surface area contributed by atoms with Gasteiger partial charge in [-0.05, 0) is 43.0 Å². The van der Waals surface area contributed by atoms with Crippen LogP contribution in [0.1, 0.15) is 39.5 Å². The largest absolute Gasteiger partial charge is 0.383 e. The van der Waals surface area contributed by atoms with Crippen molar-refractivity contribution < 1.29 is 4.74 Å². The van der Waals surface area contributed by atoms with Crippen LogP contribution in [0.2, 0.25) is 0 Å². The SMILES string of the molecule is COCC(Nc1ccc(SC2CCCC2)cc1)C(C)C. The standard InChI is InChI=1S/C17H27NOS/c1-13(2)17(12-19-3)18-14-8-10-16(11-9-14)20-15-6-4-5-7-15/h8-11,13,15,17-18H,4-7,12H2,1-3H3. The van der Waals surface area contributed by atoms with Crippen LogP contribution in [-0.2, 0) is 4.74 Å². The first-order valence-corrected chi connectivity index (χ1v) is 8.59. The van der Waals surface area contributed by atoms with Gasteiger partial charge in [0, 0.05) is 22.9 Å². The number of ether oxygens (including phenoxy) is 1. The molecule has 0 saturated heterocycles. The van der Waals surface area contributed by atoms with Crippen LogP contribution < -0.4 is 5.32 Å². The zero-order valence-electron chi connectivity index (χ0n) is 12.9. The normalized spacial score (nSPS) is 17.6. The molecule has 1 saturated carbocycles. The maximum Gasteiger partial charge on any atom is 0.0666 e. The van der Waals surface area contributed by atoms with Gasteiger partial charge in [-0.2, -0.15) is 0 Å². The maximum atomic E-state index is 5.28. The molecule has 1 aliphatic rings. The molecule has 1 aromatic carbocycles. The molecule has 112 valence electrons. The smallest absolute Gasteiger partial charge is 0.0666 e. The van der Waals surface area contributed by atoms with Gasteiger partial charge in [-0.1, -0.05) is 26.7 Å². The summed E-state index contributed by atoms with van der Waals surface area (Å²) in [4.78, 5) is 1.40. The number of nitrogens with one attached hydrogen (secondary N) is 1. The summed E-state index contributed by atoms with van der Waals surface area (Å²) in [6.45, 7) is 5.19. The average molecular weight is 293 g/mol. The van der Waals surface area contributed by atoms with E-state index in [0.717, 1.165) is 11.9 Å². The lowest BCUT2D eigenvalue weighted by molar-refractivity contribution is 0.171. The summed E-state index contributed by atoms with van der Waals surface area (Å²) in [6, 6.07) is 9.25. The van der Waals surface area contributed by atoms with Gasteiger partial charge in [0.15, 0.2) is 0 Å². The lowest BCUT2D eigenvalue weighted by Crippen LogP contribution is -2.30. The van der Waals surface area contributed by atoms with E-state index in [1.54, 1.807) is 7.11 Å². The Balaban J connectivity index is 1.89. The van der Waals surface area contributed by atoms with Crippen LogP contribution in [0.5, 0.6) is 0 Å². The first-order chi connectivity index (χ1) is 9.69. The van der Waals surface area contributed by atoms with Gasteiger partial charge in [0.05, 0.1) is 12.6 Å². The summed E-state index contributed by atoms with van der Waals surface area (Å²) in [5, 5.41) is 4.40. The fourth-order valence-corrected chi connectivity index (χ4v) is 3.87. The quantitative estimate of drug-likeness (QED) is 0.780. The van der Waals surface area contributed by atoms with Gasteiger partial charge in [0.2, 0.25) is 0 Å². The summed E-state index contributed by atoms with van der Waals surface area (Å²) in [6.07, 6.45) is 5.58. The Bertz CT molecular complexity index is 384. The monoisotopic (exact) mass is 293 g/mol. The van der Waals surface area contributed by atoms with Crippen molar-refractivity contribution in [1.82, 2.24) is 0 Å². The molecule has 0 radical (unpaired) electrons. The van der Waals surface area contributed by atoms with E-state index in [9.17, 15) is 0 Å².